The first-order valence-electron chi connectivity index (χ1n) is 5.92. The van der Waals surface area contributed by atoms with Crippen LogP contribution < -0.4 is 5.32 Å². The van der Waals surface area contributed by atoms with Crippen molar-refractivity contribution < 1.29 is 0 Å². The van der Waals surface area contributed by atoms with E-state index >= 15 is 0 Å². The van der Waals surface area contributed by atoms with Crippen molar-refractivity contribution in [2.24, 2.45) is 0 Å². The summed E-state index contributed by atoms with van der Waals surface area (Å²) in [5.41, 5.74) is 3.00. The van der Waals surface area contributed by atoms with Gasteiger partial charge in [0.1, 0.15) is 0 Å². The number of fused-ring (bicyclic) bond motifs is 1. The van der Waals surface area contributed by atoms with E-state index in [2.05, 4.69) is 48.7 Å². The highest BCUT2D eigenvalue weighted by Crippen LogP contribution is 2.31. The fraction of sp³-hybridized carbons (Fsp3) is 0.429. The third-order valence-electron chi connectivity index (χ3n) is 2.91. The lowest BCUT2D eigenvalue weighted by Gasteiger charge is -2.26. The van der Waals surface area contributed by atoms with Gasteiger partial charge in [0.15, 0.2) is 0 Å². The molecule has 1 heterocycles. The van der Waals surface area contributed by atoms with E-state index in [0.29, 0.717) is 6.04 Å². The fourth-order valence-corrected chi connectivity index (χ4v) is 3.19. The van der Waals surface area contributed by atoms with E-state index in [4.69, 9.17) is 0 Å². The molecule has 0 radical (unpaired) electrons. The Hall–Kier alpha value is -0.730. The van der Waals surface area contributed by atoms with Crippen LogP contribution in [-0.4, -0.2) is 12.3 Å². The minimum atomic E-state index is 0.542. The van der Waals surface area contributed by atoms with Crippen molar-refractivity contribution in [2.45, 2.75) is 25.1 Å². The average Bonchev–Trinajstić information content (AvgIpc) is 2.35. The molecule has 1 aliphatic heterocycles. The van der Waals surface area contributed by atoms with E-state index in [9.17, 15) is 0 Å². The van der Waals surface area contributed by atoms with Crippen LogP contribution in [0.25, 0.3) is 0 Å². The Morgan fingerprint density at radius 3 is 3.19 bits per heavy atom. The van der Waals surface area contributed by atoms with E-state index in [1.165, 1.54) is 22.6 Å². The molecule has 0 aromatic heterocycles. The largest absolute Gasteiger partial charge is 0.309 e. The molecule has 2 rings (SSSR count). The van der Waals surface area contributed by atoms with Gasteiger partial charge in [0, 0.05) is 17.5 Å². The van der Waals surface area contributed by atoms with Crippen LogP contribution in [0.1, 0.15) is 30.5 Å². The van der Waals surface area contributed by atoms with Crippen molar-refractivity contribution in [2.75, 3.05) is 12.3 Å². The minimum absolute atomic E-state index is 0.542. The Morgan fingerprint density at radius 1 is 1.44 bits per heavy atom. The first kappa shape index (κ1) is 11.7. The molecule has 86 valence electrons. The number of hydrogen-bond acceptors (Lipinski definition) is 2. The van der Waals surface area contributed by atoms with E-state index < -0.39 is 0 Å². The SMILES string of the molecule is C/C=C/CCNC1CSCc2ccccc21. The lowest BCUT2D eigenvalue weighted by Crippen LogP contribution is -2.27. The van der Waals surface area contributed by atoms with Gasteiger partial charge >= 0.3 is 0 Å². The second-order valence-corrected chi connectivity index (χ2v) is 5.11. The molecular weight excluding hydrogens is 214 g/mol. The summed E-state index contributed by atoms with van der Waals surface area (Å²) in [6.07, 6.45) is 5.46. The van der Waals surface area contributed by atoms with Gasteiger partial charge in [0.25, 0.3) is 0 Å². The van der Waals surface area contributed by atoms with E-state index in [0.717, 1.165) is 13.0 Å². The number of allylic oxidation sites excluding steroid dienone is 1. The third kappa shape index (κ3) is 2.89. The van der Waals surface area contributed by atoms with Crippen molar-refractivity contribution in [3.8, 4) is 0 Å². The van der Waals surface area contributed by atoms with Crippen LogP contribution in [-0.2, 0) is 5.75 Å². The minimum Gasteiger partial charge on any atom is -0.309 e. The molecule has 0 fully saturated rings. The molecule has 1 nitrogen and oxygen atoms in total. The summed E-state index contributed by atoms with van der Waals surface area (Å²) in [7, 11) is 0. The maximum absolute atomic E-state index is 3.64. The van der Waals surface area contributed by atoms with Gasteiger partial charge in [-0.15, -0.1) is 0 Å². The highest BCUT2D eigenvalue weighted by atomic mass is 32.2. The first-order chi connectivity index (χ1) is 7.92. The number of rotatable bonds is 4. The highest BCUT2D eigenvalue weighted by molar-refractivity contribution is 7.98. The van der Waals surface area contributed by atoms with Crippen molar-refractivity contribution in [3.63, 3.8) is 0 Å². The summed E-state index contributed by atoms with van der Waals surface area (Å²) in [5, 5.41) is 3.64. The summed E-state index contributed by atoms with van der Waals surface area (Å²) >= 11 is 2.03. The molecule has 0 saturated heterocycles. The quantitative estimate of drug-likeness (QED) is 0.630. The summed E-state index contributed by atoms with van der Waals surface area (Å²) in [4.78, 5) is 0. The lowest BCUT2D eigenvalue weighted by atomic mass is 10.0. The third-order valence-corrected chi connectivity index (χ3v) is 3.99. The van der Waals surface area contributed by atoms with Gasteiger partial charge in [-0.25, -0.2) is 0 Å². The first-order valence-corrected chi connectivity index (χ1v) is 7.07. The Morgan fingerprint density at radius 2 is 2.31 bits per heavy atom. The predicted molar refractivity (Wildman–Crippen MR) is 72.8 cm³/mol. The van der Waals surface area contributed by atoms with Crippen LogP contribution in [0.4, 0.5) is 0 Å². The molecule has 0 amide bonds. The summed E-state index contributed by atoms with van der Waals surface area (Å²) < 4.78 is 0. The van der Waals surface area contributed by atoms with Crippen LogP contribution in [0.2, 0.25) is 0 Å². The maximum Gasteiger partial charge on any atom is 0.0415 e. The van der Waals surface area contributed by atoms with Crippen molar-refractivity contribution >= 4 is 11.8 Å². The van der Waals surface area contributed by atoms with E-state index in [1.54, 1.807) is 0 Å². The van der Waals surface area contributed by atoms with Crippen LogP contribution in [0.15, 0.2) is 36.4 Å². The number of benzene rings is 1. The molecule has 1 unspecified atom stereocenters. The zero-order valence-electron chi connectivity index (χ0n) is 9.78. The molecule has 1 aromatic carbocycles. The average molecular weight is 233 g/mol. The molecule has 2 heteroatoms. The highest BCUT2D eigenvalue weighted by Gasteiger charge is 2.18. The molecular formula is C14H19NS. The number of thioether (sulfide) groups is 1. The Balaban J connectivity index is 1.96. The van der Waals surface area contributed by atoms with E-state index in [-0.39, 0.29) is 0 Å². The van der Waals surface area contributed by atoms with Gasteiger partial charge in [-0.05, 0) is 31.0 Å². The standard InChI is InChI=1S/C14H19NS/c1-2-3-6-9-15-14-11-16-10-12-7-4-5-8-13(12)14/h2-5,7-8,14-15H,6,9-11H2,1H3/b3-2+. The maximum atomic E-state index is 3.64. The smallest absolute Gasteiger partial charge is 0.0415 e. The van der Waals surface area contributed by atoms with Gasteiger partial charge in [-0.3, -0.25) is 0 Å². The Bertz CT molecular complexity index is 360. The van der Waals surface area contributed by atoms with Crippen molar-refractivity contribution in [1.82, 2.24) is 5.32 Å². The van der Waals surface area contributed by atoms with Gasteiger partial charge < -0.3 is 5.32 Å². The molecule has 1 N–H and O–H groups in total. The summed E-state index contributed by atoms with van der Waals surface area (Å²) in [6.45, 7) is 3.15. The van der Waals surface area contributed by atoms with E-state index in [1.807, 2.05) is 11.8 Å². The fourth-order valence-electron chi connectivity index (χ4n) is 2.06. The van der Waals surface area contributed by atoms with Crippen LogP contribution in [0.5, 0.6) is 0 Å². The molecule has 0 spiro atoms. The van der Waals surface area contributed by atoms with Crippen LogP contribution in [0.3, 0.4) is 0 Å². The van der Waals surface area contributed by atoms with Gasteiger partial charge in [-0.2, -0.15) is 11.8 Å². The van der Waals surface area contributed by atoms with Gasteiger partial charge in [-0.1, -0.05) is 36.4 Å². The normalized spacial score (nSPS) is 19.9. The predicted octanol–water partition coefficient (Wildman–Crippen LogP) is 3.53. The molecule has 1 atom stereocenters. The molecule has 0 aliphatic carbocycles. The van der Waals surface area contributed by atoms with Crippen LogP contribution in [0, 0.1) is 0 Å². The molecule has 0 saturated carbocycles. The summed E-state index contributed by atoms with van der Waals surface area (Å²) in [5.74, 6) is 2.37. The monoisotopic (exact) mass is 233 g/mol. The van der Waals surface area contributed by atoms with Crippen LogP contribution >= 0.6 is 11.8 Å². The molecule has 0 bridgehead atoms. The topological polar surface area (TPSA) is 12.0 Å². The van der Waals surface area contributed by atoms with Gasteiger partial charge in [0.05, 0.1) is 0 Å². The second kappa shape index (κ2) is 6.12. The molecule has 1 aliphatic rings. The summed E-state index contributed by atoms with van der Waals surface area (Å²) in [6, 6.07) is 9.35. The Kier molecular flexibility index (Phi) is 4.49. The Labute approximate surface area is 102 Å². The molecule has 1 aromatic rings. The number of hydrogen-bond donors (Lipinski definition) is 1. The van der Waals surface area contributed by atoms with Gasteiger partial charge in [0.2, 0.25) is 0 Å². The van der Waals surface area contributed by atoms with Crippen molar-refractivity contribution in [1.29, 1.82) is 0 Å². The molecule has 16 heavy (non-hydrogen) atoms. The van der Waals surface area contributed by atoms with Crippen molar-refractivity contribution in [3.05, 3.63) is 47.5 Å². The zero-order valence-corrected chi connectivity index (χ0v) is 10.6. The lowest BCUT2D eigenvalue weighted by molar-refractivity contribution is 0.581. The zero-order chi connectivity index (χ0) is 11.2. The second-order valence-electron chi connectivity index (χ2n) is 4.08. The number of nitrogens with one attached hydrogen (secondary N) is 1.